The van der Waals surface area contributed by atoms with E-state index >= 15 is 0 Å². The van der Waals surface area contributed by atoms with Gasteiger partial charge in [0.2, 0.25) is 0 Å². The lowest BCUT2D eigenvalue weighted by Gasteiger charge is -2.41. The van der Waals surface area contributed by atoms with Crippen molar-refractivity contribution < 1.29 is 18.5 Å². The zero-order valence-electron chi connectivity index (χ0n) is 13.5. The lowest BCUT2D eigenvalue weighted by atomic mass is 9.69. The van der Waals surface area contributed by atoms with E-state index in [9.17, 15) is 9.46 Å². The van der Waals surface area contributed by atoms with Gasteiger partial charge >= 0.3 is 7.82 Å². The topological polar surface area (TPSA) is 55.8 Å². The van der Waals surface area contributed by atoms with Gasteiger partial charge in [-0.15, -0.1) is 0 Å². The number of hydrogen-bond donors (Lipinski definition) is 1. The van der Waals surface area contributed by atoms with E-state index in [2.05, 4.69) is 0 Å². The second-order valence-corrected chi connectivity index (χ2v) is 8.15. The molecular formula is C20H17O4P. The average Bonchev–Trinajstić information content (AvgIpc) is 2.80. The van der Waals surface area contributed by atoms with Crippen LogP contribution in [0.5, 0.6) is 0 Å². The van der Waals surface area contributed by atoms with Crippen LogP contribution in [-0.4, -0.2) is 16.1 Å². The molecule has 5 rings (SSSR count). The van der Waals surface area contributed by atoms with Gasteiger partial charge < -0.3 is 4.89 Å². The van der Waals surface area contributed by atoms with Crippen LogP contribution in [0.3, 0.4) is 0 Å². The second-order valence-electron chi connectivity index (χ2n) is 6.85. The van der Waals surface area contributed by atoms with Gasteiger partial charge in [-0.3, -0.25) is 9.05 Å². The first-order valence-electron chi connectivity index (χ1n) is 8.30. The molecule has 2 unspecified atom stereocenters. The molecule has 1 aliphatic heterocycles. The molecule has 0 amide bonds. The second kappa shape index (κ2) is 5.03. The molecule has 1 heterocycles. The summed E-state index contributed by atoms with van der Waals surface area (Å²) in [6.07, 6.45) is 8.70. The zero-order chi connectivity index (χ0) is 17.1. The third-order valence-electron chi connectivity index (χ3n) is 5.35. The van der Waals surface area contributed by atoms with Crippen molar-refractivity contribution in [1.82, 2.24) is 0 Å². The van der Waals surface area contributed by atoms with Crippen LogP contribution < -0.4 is 0 Å². The average molecular weight is 352 g/mol. The molecule has 0 radical (unpaired) electrons. The summed E-state index contributed by atoms with van der Waals surface area (Å²) in [5.41, 5.74) is 2.40. The Labute approximate surface area is 146 Å². The van der Waals surface area contributed by atoms with E-state index in [1.54, 1.807) is 0 Å². The van der Waals surface area contributed by atoms with Crippen molar-refractivity contribution in [2.24, 2.45) is 0 Å². The summed E-state index contributed by atoms with van der Waals surface area (Å²) in [5.74, 6) is 0. The van der Waals surface area contributed by atoms with Gasteiger partial charge in [-0.05, 0) is 34.4 Å². The van der Waals surface area contributed by atoms with E-state index in [0.717, 1.165) is 22.3 Å². The first-order valence-corrected chi connectivity index (χ1v) is 9.79. The molecule has 0 bridgehead atoms. The van der Waals surface area contributed by atoms with Crippen molar-refractivity contribution in [2.75, 3.05) is 0 Å². The van der Waals surface area contributed by atoms with E-state index in [0.29, 0.717) is 12.8 Å². The third kappa shape index (κ3) is 2.22. The van der Waals surface area contributed by atoms with Crippen LogP contribution in [0.25, 0.3) is 12.2 Å². The van der Waals surface area contributed by atoms with Crippen molar-refractivity contribution >= 4 is 20.0 Å². The molecule has 0 aromatic heterocycles. The maximum absolute atomic E-state index is 12.4. The predicted molar refractivity (Wildman–Crippen MR) is 95.8 cm³/mol. The summed E-state index contributed by atoms with van der Waals surface area (Å²) in [5, 5.41) is 0. The SMILES string of the molecule is O=P1(O)OC2(C=Cc3ccccc3C2)C2(C=Cc3ccccc3C2)O1. The van der Waals surface area contributed by atoms with E-state index < -0.39 is 19.0 Å². The molecule has 25 heavy (non-hydrogen) atoms. The fourth-order valence-electron chi connectivity index (χ4n) is 4.14. The fraction of sp³-hybridized carbons (Fsp3) is 0.200. The molecule has 1 saturated heterocycles. The van der Waals surface area contributed by atoms with Gasteiger partial charge in [0.25, 0.3) is 0 Å². The number of fused-ring (bicyclic) bond motifs is 3. The van der Waals surface area contributed by atoms with Gasteiger partial charge in [-0.2, -0.15) is 0 Å². The Kier molecular flexibility index (Phi) is 3.08. The summed E-state index contributed by atoms with van der Waals surface area (Å²) >= 11 is 0. The summed E-state index contributed by atoms with van der Waals surface area (Å²) in [6.45, 7) is 0. The molecule has 5 heteroatoms. The Morgan fingerprint density at radius 2 is 1.24 bits per heavy atom. The fourth-order valence-corrected chi connectivity index (χ4v) is 5.56. The molecule has 2 aromatic rings. The quantitative estimate of drug-likeness (QED) is 0.724. The molecule has 2 spiro atoms. The molecule has 1 N–H and O–H groups in total. The van der Waals surface area contributed by atoms with Crippen LogP contribution in [0, 0.1) is 0 Å². The van der Waals surface area contributed by atoms with E-state index in [1.165, 1.54) is 0 Å². The Bertz CT molecular complexity index is 904. The monoisotopic (exact) mass is 352 g/mol. The van der Waals surface area contributed by atoms with Crippen LogP contribution in [0.1, 0.15) is 22.3 Å². The zero-order valence-corrected chi connectivity index (χ0v) is 14.4. The van der Waals surface area contributed by atoms with Crippen molar-refractivity contribution in [1.29, 1.82) is 0 Å². The minimum Gasteiger partial charge on any atom is -0.302 e. The predicted octanol–water partition coefficient (Wildman–Crippen LogP) is 4.15. The smallest absolute Gasteiger partial charge is 0.302 e. The van der Waals surface area contributed by atoms with Crippen LogP contribution in [0.2, 0.25) is 0 Å². The highest BCUT2D eigenvalue weighted by Gasteiger charge is 2.64. The Morgan fingerprint density at radius 3 is 1.72 bits per heavy atom. The van der Waals surface area contributed by atoms with Gasteiger partial charge in [0.15, 0.2) is 0 Å². The van der Waals surface area contributed by atoms with Crippen LogP contribution in [0.15, 0.2) is 60.7 Å². The molecule has 2 atom stereocenters. The maximum Gasteiger partial charge on any atom is 0.474 e. The van der Waals surface area contributed by atoms with Crippen molar-refractivity contribution in [3.8, 4) is 0 Å². The Morgan fingerprint density at radius 1 is 0.800 bits per heavy atom. The highest BCUT2D eigenvalue weighted by atomic mass is 31.2. The summed E-state index contributed by atoms with van der Waals surface area (Å²) < 4.78 is 23.8. The largest absolute Gasteiger partial charge is 0.474 e. The van der Waals surface area contributed by atoms with E-state index in [4.69, 9.17) is 9.05 Å². The summed E-state index contributed by atoms with van der Waals surface area (Å²) in [4.78, 5) is 10.2. The van der Waals surface area contributed by atoms with Crippen LogP contribution in [0.4, 0.5) is 0 Å². The minimum absolute atomic E-state index is 0.497. The first kappa shape index (κ1) is 15.3. The Balaban J connectivity index is 1.66. The molecule has 3 aliphatic rings. The van der Waals surface area contributed by atoms with Gasteiger partial charge in [-0.1, -0.05) is 60.7 Å². The minimum atomic E-state index is -4.14. The summed E-state index contributed by atoms with van der Waals surface area (Å²) in [6, 6.07) is 16.0. The van der Waals surface area contributed by atoms with Crippen LogP contribution >= 0.6 is 7.82 Å². The molecular weight excluding hydrogens is 335 g/mol. The first-order chi connectivity index (χ1) is 12.0. The molecule has 126 valence electrons. The third-order valence-corrected chi connectivity index (χ3v) is 6.47. The van der Waals surface area contributed by atoms with Crippen molar-refractivity contribution in [2.45, 2.75) is 24.0 Å². The van der Waals surface area contributed by atoms with Crippen molar-refractivity contribution in [3.05, 3.63) is 82.9 Å². The number of phosphoric acid groups is 1. The van der Waals surface area contributed by atoms with Gasteiger partial charge in [-0.25, -0.2) is 4.57 Å². The summed E-state index contributed by atoms with van der Waals surface area (Å²) in [7, 11) is -4.14. The molecule has 1 fully saturated rings. The molecule has 2 aromatic carbocycles. The molecule has 2 aliphatic carbocycles. The number of rotatable bonds is 0. The normalized spacial score (nSPS) is 35.1. The lowest BCUT2D eigenvalue weighted by Crippen LogP contribution is -2.53. The Hall–Kier alpha value is -1.97. The highest BCUT2D eigenvalue weighted by Crippen LogP contribution is 2.65. The lowest BCUT2D eigenvalue weighted by molar-refractivity contribution is 0.0228. The van der Waals surface area contributed by atoms with Crippen molar-refractivity contribution in [3.63, 3.8) is 0 Å². The van der Waals surface area contributed by atoms with Gasteiger partial charge in [0.05, 0.1) is 0 Å². The standard InChI is InChI=1S/C20H17O4P/c21-25(22)23-19(11-9-15-5-1-3-7-17(15)13-19)20(24-25)12-10-16-6-2-4-8-18(16)14-20/h1-12H,13-14H2,(H,21,22). The molecule has 0 saturated carbocycles. The maximum atomic E-state index is 12.4. The van der Waals surface area contributed by atoms with E-state index in [-0.39, 0.29) is 0 Å². The molecule has 4 nitrogen and oxygen atoms in total. The highest BCUT2D eigenvalue weighted by molar-refractivity contribution is 7.47. The van der Waals surface area contributed by atoms with Crippen LogP contribution in [-0.2, 0) is 26.5 Å². The van der Waals surface area contributed by atoms with Gasteiger partial charge in [0.1, 0.15) is 11.2 Å². The van der Waals surface area contributed by atoms with E-state index in [1.807, 2.05) is 72.8 Å². The number of benzene rings is 2. The van der Waals surface area contributed by atoms with Gasteiger partial charge in [0, 0.05) is 12.8 Å². The number of hydrogen-bond acceptors (Lipinski definition) is 3. The number of phosphoric ester groups is 1.